The molecule has 0 aliphatic heterocycles. The Morgan fingerprint density at radius 2 is 2.06 bits per heavy atom. The number of hydrogen-bond acceptors (Lipinski definition) is 1. The lowest BCUT2D eigenvalue weighted by molar-refractivity contribution is 0.0933. The van der Waals surface area contributed by atoms with E-state index in [1.165, 1.54) is 25.7 Å². The molecule has 18 heavy (non-hydrogen) atoms. The van der Waals surface area contributed by atoms with E-state index in [0.717, 1.165) is 22.1 Å². The van der Waals surface area contributed by atoms with E-state index in [-0.39, 0.29) is 5.91 Å². The molecule has 1 saturated carbocycles. The maximum atomic E-state index is 12.2. The Hall–Kier alpha value is -0.830. The zero-order valence-corrected chi connectivity index (χ0v) is 12.6. The summed E-state index contributed by atoms with van der Waals surface area (Å²) in [4.78, 5) is 12.2. The van der Waals surface area contributed by atoms with Gasteiger partial charge in [0.15, 0.2) is 0 Å². The van der Waals surface area contributed by atoms with Crippen molar-refractivity contribution in [2.45, 2.75) is 39.5 Å². The molecule has 1 fully saturated rings. The standard InChI is InChI=1S/C15H20BrNO/c1-11-12(6-5-7-13(11)16)14(18)17-10-15(2)8-3-4-9-15/h5-7H,3-4,8-10H2,1-2H3,(H,17,18). The highest BCUT2D eigenvalue weighted by atomic mass is 79.9. The van der Waals surface area contributed by atoms with Gasteiger partial charge in [0.1, 0.15) is 0 Å². The molecule has 1 N–H and O–H groups in total. The molecule has 98 valence electrons. The average Bonchev–Trinajstić information content (AvgIpc) is 2.77. The molecule has 0 atom stereocenters. The van der Waals surface area contributed by atoms with Gasteiger partial charge >= 0.3 is 0 Å². The van der Waals surface area contributed by atoms with Crippen molar-refractivity contribution in [3.05, 3.63) is 33.8 Å². The summed E-state index contributed by atoms with van der Waals surface area (Å²) in [6.45, 7) is 5.03. The van der Waals surface area contributed by atoms with Crippen LogP contribution < -0.4 is 5.32 Å². The second-order valence-corrected chi connectivity index (χ2v) is 6.47. The summed E-state index contributed by atoms with van der Waals surface area (Å²) < 4.78 is 0.988. The normalized spacial score (nSPS) is 17.7. The van der Waals surface area contributed by atoms with Gasteiger partial charge < -0.3 is 5.32 Å². The van der Waals surface area contributed by atoms with Crippen molar-refractivity contribution < 1.29 is 4.79 Å². The summed E-state index contributed by atoms with van der Waals surface area (Å²) >= 11 is 3.46. The second kappa shape index (κ2) is 5.43. The predicted molar refractivity (Wildman–Crippen MR) is 77.8 cm³/mol. The van der Waals surface area contributed by atoms with E-state index in [2.05, 4.69) is 28.2 Å². The number of amides is 1. The lowest BCUT2D eigenvalue weighted by Crippen LogP contribution is -2.34. The minimum absolute atomic E-state index is 0.0434. The highest BCUT2D eigenvalue weighted by molar-refractivity contribution is 9.10. The van der Waals surface area contributed by atoms with Gasteiger partial charge in [-0.25, -0.2) is 0 Å². The summed E-state index contributed by atoms with van der Waals surface area (Å²) in [7, 11) is 0. The monoisotopic (exact) mass is 309 g/mol. The Morgan fingerprint density at radius 1 is 1.39 bits per heavy atom. The van der Waals surface area contributed by atoms with Crippen LogP contribution in [0.3, 0.4) is 0 Å². The molecule has 0 radical (unpaired) electrons. The highest BCUT2D eigenvalue weighted by Crippen LogP contribution is 2.36. The molecule has 3 heteroatoms. The number of nitrogens with one attached hydrogen (secondary N) is 1. The first-order valence-corrected chi connectivity index (χ1v) is 7.34. The lowest BCUT2D eigenvalue weighted by atomic mass is 9.89. The number of carbonyl (C=O) groups excluding carboxylic acids is 1. The maximum Gasteiger partial charge on any atom is 0.251 e. The molecule has 1 aromatic rings. The van der Waals surface area contributed by atoms with Gasteiger partial charge in [-0.1, -0.05) is 41.8 Å². The fraction of sp³-hybridized carbons (Fsp3) is 0.533. The van der Waals surface area contributed by atoms with E-state index >= 15 is 0 Å². The molecule has 1 aliphatic carbocycles. The minimum Gasteiger partial charge on any atom is -0.351 e. The van der Waals surface area contributed by atoms with Gasteiger partial charge in [0.05, 0.1) is 0 Å². The molecule has 1 amide bonds. The maximum absolute atomic E-state index is 12.2. The Kier molecular flexibility index (Phi) is 4.10. The number of rotatable bonds is 3. The van der Waals surface area contributed by atoms with Gasteiger partial charge in [-0.2, -0.15) is 0 Å². The summed E-state index contributed by atoms with van der Waals surface area (Å²) in [5.74, 6) is 0.0434. The quantitative estimate of drug-likeness (QED) is 0.896. The molecule has 0 aromatic heterocycles. The van der Waals surface area contributed by atoms with Crippen molar-refractivity contribution in [1.82, 2.24) is 5.32 Å². The first-order valence-electron chi connectivity index (χ1n) is 6.55. The Morgan fingerprint density at radius 3 is 2.72 bits per heavy atom. The van der Waals surface area contributed by atoms with E-state index in [4.69, 9.17) is 0 Å². The fourth-order valence-corrected chi connectivity index (χ4v) is 3.01. The van der Waals surface area contributed by atoms with Crippen molar-refractivity contribution >= 4 is 21.8 Å². The van der Waals surface area contributed by atoms with E-state index in [1.807, 2.05) is 25.1 Å². The summed E-state index contributed by atoms with van der Waals surface area (Å²) in [5, 5.41) is 3.09. The Labute approximate surface area is 117 Å². The van der Waals surface area contributed by atoms with Crippen LogP contribution in [0, 0.1) is 12.3 Å². The molecular weight excluding hydrogens is 290 g/mol. The zero-order chi connectivity index (χ0) is 13.2. The van der Waals surface area contributed by atoms with Crippen molar-refractivity contribution in [3.8, 4) is 0 Å². The summed E-state index contributed by atoms with van der Waals surface area (Å²) in [6, 6.07) is 5.75. The zero-order valence-electron chi connectivity index (χ0n) is 11.1. The topological polar surface area (TPSA) is 29.1 Å². The SMILES string of the molecule is Cc1c(Br)cccc1C(=O)NCC1(C)CCCC1. The molecule has 0 unspecified atom stereocenters. The third kappa shape index (κ3) is 2.94. The first-order chi connectivity index (χ1) is 8.52. The molecule has 0 saturated heterocycles. The second-order valence-electron chi connectivity index (χ2n) is 5.61. The third-order valence-electron chi connectivity index (χ3n) is 4.00. The van der Waals surface area contributed by atoms with E-state index in [1.54, 1.807) is 0 Å². The van der Waals surface area contributed by atoms with Crippen LogP contribution in [-0.4, -0.2) is 12.5 Å². The third-order valence-corrected chi connectivity index (χ3v) is 4.86. The van der Waals surface area contributed by atoms with Crippen molar-refractivity contribution in [1.29, 1.82) is 0 Å². The largest absolute Gasteiger partial charge is 0.351 e. The number of hydrogen-bond donors (Lipinski definition) is 1. The summed E-state index contributed by atoms with van der Waals surface area (Å²) in [6.07, 6.45) is 5.04. The van der Waals surface area contributed by atoms with Crippen molar-refractivity contribution in [2.75, 3.05) is 6.54 Å². The molecule has 2 nitrogen and oxygen atoms in total. The highest BCUT2D eigenvalue weighted by Gasteiger charge is 2.29. The summed E-state index contributed by atoms with van der Waals surface area (Å²) in [5.41, 5.74) is 2.08. The Bertz CT molecular complexity index is 450. The van der Waals surface area contributed by atoms with Crippen LogP contribution in [0.5, 0.6) is 0 Å². The van der Waals surface area contributed by atoms with Crippen molar-refractivity contribution in [3.63, 3.8) is 0 Å². The van der Waals surface area contributed by atoms with Crippen LogP contribution in [0.1, 0.15) is 48.5 Å². The van der Waals surface area contributed by atoms with Gasteiger partial charge in [0.2, 0.25) is 0 Å². The van der Waals surface area contributed by atoms with Gasteiger partial charge in [-0.05, 0) is 42.9 Å². The molecule has 0 bridgehead atoms. The van der Waals surface area contributed by atoms with Crippen molar-refractivity contribution in [2.24, 2.45) is 5.41 Å². The van der Waals surface area contributed by atoms with Gasteiger partial charge in [-0.3, -0.25) is 4.79 Å². The smallest absolute Gasteiger partial charge is 0.251 e. The molecule has 0 spiro atoms. The van der Waals surface area contributed by atoms with Crippen LogP contribution in [0.4, 0.5) is 0 Å². The predicted octanol–water partition coefficient (Wildman–Crippen LogP) is 4.07. The van der Waals surface area contributed by atoms with Crippen LogP contribution in [-0.2, 0) is 0 Å². The number of halogens is 1. The Balaban J connectivity index is 2.01. The van der Waals surface area contributed by atoms with E-state index in [9.17, 15) is 4.79 Å². The first kappa shape index (κ1) is 13.6. The van der Waals surface area contributed by atoms with Crippen LogP contribution in [0.15, 0.2) is 22.7 Å². The number of benzene rings is 1. The van der Waals surface area contributed by atoms with Crippen LogP contribution in [0.2, 0.25) is 0 Å². The van der Waals surface area contributed by atoms with Gasteiger partial charge in [0.25, 0.3) is 5.91 Å². The van der Waals surface area contributed by atoms with Gasteiger partial charge in [0, 0.05) is 16.6 Å². The fourth-order valence-electron chi connectivity index (χ4n) is 2.65. The van der Waals surface area contributed by atoms with Crippen LogP contribution >= 0.6 is 15.9 Å². The molecular formula is C15H20BrNO. The van der Waals surface area contributed by atoms with E-state index < -0.39 is 0 Å². The lowest BCUT2D eigenvalue weighted by Gasteiger charge is -2.23. The minimum atomic E-state index is 0.0434. The molecule has 1 aliphatic rings. The average molecular weight is 310 g/mol. The van der Waals surface area contributed by atoms with Crippen LogP contribution in [0.25, 0.3) is 0 Å². The molecule has 0 heterocycles. The molecule has 1 aromatic carbocycles. The van der Waals surface area contributed by atoms with E-state index in [0.29, 0.717) is 5.41 Å². The molecule has 2 rings (SSSR count). The number of carbonyl (C=O) groups is 1. The van der Waals surface area contributed by atoms with Gasteiger partial charge in [-0.15, -0.1) is 0 Å².